The first kappa shape index (κ1) is 18.0. The first-order valence-corrected chi connectivity index (χ1v) is 8.60. The molecule has 26 heavy (non-hydrogen) atoms. The summed E-state index contributed by atoms with van der Waals surface area (Å²) in [6, 6.07) is -0.131. The Morgan fingerprint density at radius 3 is 2.85 bits per heavy atom. The van der Waals surface area contributed by atoms with Crippen LogP contribution in [0.25, 0.3) is 0 Å². The minimum absolute atomic E-state index is 0.0342. The Bertz CT molecular complexity index is 819. The van der Waals surface area contributed by atoms with E-state index in [1.165, 1.54) is 6.92 Å². The van der Waals surface area contributed by atoms with Crippen molar-refractivity contribution in [2.45, 2.75) is 52.6 Å². The van der Waals surface area contributed by atoms with Gasteiger partial charge in [0.25, 0.3) is 0 Å². The Balaban J connectivity index is 1.83. The molecular weight excluding hydrogens is 336 g/mol. The van der Waals surface area contributed by atoms with Crippen molar-refractivity contribution in [3.63, 3.8) is 0 Å². The highest BCUT2D eigenvalue weighted by Gasteiger charge is 2.33. The Kier molecular flexibility index (Phi) is 5.24. The zero-order chi connectivity index (χ0) is 18.7. The summed E-state index contributed by atoms with van der Waals surface area (Å²) in [7, 11) is 0. The monoisotopic (exact) mass is 358 g/mol. The van der Waals surface area contributed by atoms with Crippen molar-refractivity contribution in [3.05, 3.63) is 34.7 Å². The molecule has 0 aliphatic carbocycles. The highest BCUT2D eigenvalue weighted by Crippen LogP contribution is 2.33. The third-order valence-electron chi connectivity index (χ3n) is 4.50. The number of nitrogens with one attached hydrogen (secondary N) is 1. The lowest BCUT2D eigenvalue weighted by atomic mass is 10.1. The maximum absolute atomic E-state index is 12.8. The molecule has 0 unspecified atom stereocenters. The van der Waals surface area contributed by atoms with Gasteiger partial charge in [-0.05, 0) is 26.7 Å². The number of aryl methyl sites for hydroxylation is 2. The van der Waals surface area contributed by atoms with Crippen LogP contribution in [0.1, 0.15) is 54.3 Å². The second-order valence-corrected chi connectivity index (χ2v) is 6.46. The predicted molar refractivity (Wildman–Crippen MR) is 90.7 cm³/mol. The minimum Gasteiger partial charge on any atom is -0.352 e. The molecule has 138 valence electrons. The van der Waals surface area contributed by atoms with E-state index in [1.54, 1.807) is 13.1 Å². The molecule has 2 amide bonds. The van der Waals surface area contributed by atoms with Crippen LogP contribution in [0.4, 0.5) is 0 Å². The number of likely N-dealkylation sites (tertiary alicyclic amines) is 1. The maximum atomic E-state index is 12.8. The summed E-state index contributed by atoms with van der Waals surface area (Å²) in [6.07, 6.45) is 3.59. The zero-order valence-electron chi connectivity index (χ0n) is 15.2. The molecule has 1 N–H and O–H groups in total. The van der Waals surface area contributed by atoms with E-state index in [-0.39, 0.29) is 24.3 Å². The molecule has 3 rings (SSSR count). The lowest BCUT2D eigenvalue weighted by Crippen LogP contribution is -2.33. The van der Waals surface area contributed by atoms with Crippen molar-refractivity contribution >= 4 is 11.8 Å². The van der Waals surface area contributed by atoms with Crippen LogP contribution in [0, 0.1) is 13.8 Å². The van der Waals surface area contributed by atoms with Gasteiger partial charge in [-0.2, -0.15) is 0 Å². The maximum Gasteiger partial charge on any atom is 0.229 e. The van der Waals surface area contributed by atoms with Crippen molar-refractivity contribution < 1.29 is 14.2 Å². The quantitative estimate of drug-likeness (QED) is 0.848. The van der Waals surface area contributed by atoms with Crippen LogP contribution < -0.4 is 5.32 Å². The second kappa shape index (κ2) is 7.59. The zero-order valence-corrected chi connectivity index (χ0v) is 15.2. The normalized spacial score (nSPS) is 16.7. The third-order valence-corrected chi connectivity index (χ3v) is 4.50. The highest BCUT2D eigenvalue weighted by atomic mass is 16.6. The van der Waals surface area contributed by atoms with Crippen molar-refractivity contribution in [2.75, 3.05) is 6.54 Å². The Morgan fingerprint density at radius 1 is 1.35 bits per heavy atom. The largest absolute Gasteiger partial charge is 0.352 e. The van der Waals surface area contributed by atoms with Crippen LogP contribution in [0.3, 0.4) is 0 Å². The van der Waals surface area contributed by atoms with E-state index in [1.807, 2.05) is 11.8 Å². The summed E-state index contributed by atoms with van der Waals surface area (Å²) >= 11 is 0. The average Bonchev–Trinajstić information content (AvgIpc) is 3.23. The van der Waals surface area contributed by atoms with Crippen molar-refractivity contribution in [1.82, 2.24) is 30.5 Å². The van der Waals surface area contributed by atoms with Gasteiger partial charge in [0.1, 0.15) is 17.2 Å². The third kappa shape index (κ3) is 3.87. The Labute approximate surface area is 151 Å². The second-order valence-electron chi connectivity index (χ2n) is 6.46. The van der Waals surface area contributed by atoms with Crippen molar-refractivity contribution in [3.8, 4) is 0 Å². The smallest absolute Gasteiger partial charge is 0.229 e. The molecule has 1 saturated heterocycles. The van der Waals surface area contributed by atoms with E-state index < -0.39 is 0 Å². The van der Waals surface area contributed by atoms with Crippen LogP contribution in [0.5, 0.6) is 0 Å². The molecule has 3 heterocycles. The summed E-state index contributed by atoms with van der Waals surface area (Å²) in [4.78, 5) is 34.7. The van der Waals surface area contributed by atoms with Crippen molar-refractivity contribution in [1.29, 1.82) is 0 Å². The van der Waals surface area contributed by atoms with Gasteiger partial charge < -0.3 is 10.2 Å². The van der Waals surface area contributed by atoms with Crippen LogP contribution in [-0.2, 0) is 22.6 Å². The van der Waals surface area contributed by atoms with Gasteiger partial charge in [0.2, 0.25) is 11.8 Å². The Morgan fingerprint density at radius 2 is 2.15 bits per heavy atom. The fraction of sp³-hybridized carbons (Fsp3) is 0.529. The van der Waals surface area contributed by atoms with E-state index >= 15 is 0 Å². The van der Waals surface area contributed by atoms with Gasteiger partial charge in [-0.15, -0.1) is 0 Å². The van der Waals surface area contributed by atoms with Crippen LogP contribution in [0.15, 0.2) is 10.8 Å². The number of nitrogens with zero attached hydrogens (tertiary/aromatic N) is 5. The molecule has 0 radical (unpaired) electrons. The standard InChI is InChI=1S/C17H22N6O3/c1-10-14(22-26-21-10)7-16(25)23-6-4-5-15(23)17-13(9-19-12(3)24)8-18-11(2)20-17/h8,15H,4-7,9H2,1-3H3,(H,19,24)/t15-/m0/s1. The molecule has 0 spiro atoms. The van der Waals surface area contributed by atoms with E-state index in [0.717, 1.165) is 24.1 Å². The molecule has 0 bridgehead atoms. The summed E-state index contributed by atoms with van der Waals surface area (Å²) in [5, 5.41) is 10.3. The molecule has 1 aliphatic rings. The van der Waals surface area contributed by atoms with E-state index in [0.29, 0.717) is 30.3 Å². The first-order chi connectivity index (χ1) is 12.5. The number of carbonyl (C=O) groups is 2. The number of amides is 2. The lowest BCUT2D eigenvalue weighted by molar-refractivity contribution is -0.131. The number of hydrogen-bond donors (Lipinski definition) is 1. The van der Waals surface area contributed by atoms with Crippen LogP contribution in [0.2, 0.25) is 0 Å². The molecule has 9 heteroatoms. The minimum atomic E-state index is -0.131. The molecule has 0 saturated carbocycles. The number of rotatable bonds is 5. The number of carbonyl (C=O) groups excluding carboxylic acids is 2. The van der Waals surface area contributed by atoms with Gasteiger partial charge in [-0.1, -0.05) is 10.3 Å². The number of hydrogen-bond acceptors (Lipinski definition) is 7. The van der Waals surface area contributed by atoms with E-state index in [4.69, 9.17) is 0 Å². The SMILES string of the molecule is CC(=O)NCc1cnc(C)nc1[C@@H]1CCCN1C(=O)Cc1nonc1C. The van der Waals surface area contributed by atoms with E-state index in [2.05, 4.69) is 30.2 Å². The summed E-state index contributed by atoms with van der Waals surface area (Å²) < 4.78 is 4.68. The van der Waals surface area contributed by atoms with Gasteiger partial charge in [-0.25, -0.2) is 14.6 Å². The molecule has 0 aromatic carbocycles. The molecule has 1 aliphatic heterocycles. The van der Waals surface area contributed by atoms with Gasteiger partial charge in [0.15, 0.2) is 0 Å². The topological polar surface area (TPSA) is 114 Å². The highest BCUT2D eigenvalue weighted by molar-refractivity contribution is 5.79. The fourth-order valence-electron chi connectivity index (χ4n) is 3.16. The molecule has 9 nitrogen and oxygen atoms in total. The van der Waals surface area contributed by atoms with Gasteiger partial charge in [-0.3, -0.25) is 9.59 Å². The lowest BCUT2D eigenvalue weighted by Gasteiger charge is -2.26. The van der Waals surface area contributed by atoms with E-state index in [9.17, 15) is 9.59 Å². The molecule has 1 atom stereocenters. The molecular formula is C17H22N6O3. The predicted octanol–water partition coefficient (Wildman–Crippen LogP) is 1.02. The molecule has 2 aromatic rings. The number of aromatic nitrogens is 4. The summed E-state index contributed by atoms with van der Waals surface area (Å²) in [5.41, 5.74) is 2.80. The van der Waals surface area contributed by atoms with Crippen molar-refractivity contribution in [2.24, 2.45) is 0 Å². The summed E-state index contributed by atoms with van der Waals surface area (Å²) in [5.74, 6) is 0.486. The first-order valence-electron chi connectivity index (χ1n) is 8.60. The van der Waals surface area contributed by atoms with Gasteiger partial charge in [0, 0.05) is 31.8 Å². The average molecular weight is 358 g/mol. The molecule has 1 fully saturated rings. The van der Waals surface area contributed by atoms with Crippen LogP contribution >= 0.6 is 0 Å². The molecule has 2 aromatic heterocycles. The van der Waals surface area contributed by atoms with Crippen LogP contribution in [-0.4, -0.2) is 43.5 Å². The van der Waals surface area contributed by atoms with Gasteiger partial charge >= 0.3 is 0 Å². The fourth-order valence-corrected chi connectivity index (χ4v) is 3.16. The van der Waals surface area contributed by atoms with Gasteiger partial charge in [0.05, 0.1) is 18.2 Å². The summed E-state index contributed by atoms with van der Waals surface area (Å²) in [6.45, 7) is 6.05. The Hall–Kier alpha value is -2.84.